The second kappa shape index (κ2) is 6.37. The normalized spacial score (nSPS) is 12.7. The number of aromatic nitrogens is 1. The van der Waals surface area contributed by atoms with Gasteiger partial charge in [0.2, 0.25) is 10.0 Å². The van der Waals surface area contributed by atoms with E-state index in [1.54, 1.807) is 0 Å². The van der Waals surface area contributed by atoms with E-state index in [4.69, 9.17) is 5.11 Å². The lowest BCUT2D eigenvalue weighted by Gasteiger charge is -2.23. The summed E-state index contributed by atoms with van der Waals surface area (Å²) < 4.78 is 61.9. The van der Waals surface area contributed by atoms with Gasteiger partial charge >= 0.3 is 6.18 Å². The zero-order valence-electron chi connectivity index (χ0n) is 10.6. The fourth-order valence-electron chi connectivity index (χ4n) is 1.53. The second-order valence-electron chi connectivity index (χ2n) is 3.80. The molecule has 1 heterocycles. The highest BCUT2D eigenvalue weighted by molar-refractivity contribution is 7.89. The number of alkyl halides is 3. The van der Waals surface area contributed by atoms with E-state index < -0.39 is 35.9 Å². The number of nitrogens with zero attached hydrogens (tertiary/aromatic N) is 2. The van der Waals surface area contributed by atoms with Crippen LogP contribution in [0.2, 0.25) is 0 Å². The van der Waals surface area contributed by atoms with Crippen molar-refractivity contribution in [2.45, 2.75) is 11.1 Å². The molecule has 0 amide bonds. The first-order valence-corrected chi connectivity index (χ1v) is 6.96. The number of halogens is 3. The van der Waals surface area contributed by atoms with Gasteiger partial charge in [0.1, 0.15) is 11.4 Å². The minimum atomic E-state index is -4.70. The first kappa shape index (κ1) is 16.7. The van der Waals surface area contributed by atoms with E-state index in [-0.39, 0.29) is 14.9 Å². The molecule has 114 valence electrons. The molecule has 0 fully saturated rings. The second-order valence-corrected chi connectivity index (χ2v) is 5.71. The SMILES string of the molecule is CNc1ccncc1S(=O)(=O)N(CCO)CC(F)(F)F. The van der Waals surface area contributed by atoms with Crippen molar-refractivity contribution < 1.29 is 26.7 Å². The Balaban J connectivity index is 3.22. The largest absolute Gasteiger partial charge is 0.402 e. The van der Waals surface area contributed by atoms with E-state index in [0.29, 0.717) is 0 Å². The maximum Gasteiger partial charge on any atom is 0.402 e. The van der Waals surface area contributed by atoms with Crippen LogP contribution in [-0.2, 0) is 10.0 Å². The standard InChI is InChI=1S/C10H14F3N3O3S/c1-14-8-2-3-15-6-9(8)20(18,19)16(4-5-17)7-10(11,12)13/h2-3,6,17H,4-5,7H2,1H3,(H,14,15). The van der Waals surface area contributed by atoms with Crippen LogP contribution in [0.25, 0.3) is 0 Å². The smallest absolute Gasteiger partial charge is 0.395 e. The average Bonchev–Trinajstić information content (AvgIpc) is 2.36. The summed E-state index contributed by atoms with van der Waals surface area (Å²) in [6, 6.07) is 1.33. The van der Waals surface area contributed by atoms with Crippen LogP contribution in [0.15, 0.2) is 23.4 Å². The Labute approximate surface area is 114 Å². The minimum Gasteiger partial charge on any atom is -0.395 e. The van der Waals surface area contributed by atoms with Crippen LogP contribution >= 0.6 is 0 Å². The first-order valence-electron chi connectivity index (χ1n) is 5.52. The number of aliphatic hydroxyl groups is 1. The van der Waals surface area contributed by atoms with Crippen LogP contribution in [0.3, 0.4) is 0 Å². The van der Waals surface area contributed by atoms with Crippen LogP contribution in [0.4, 0.5) is 18.9 Å². The summed E-state index contributed by atoms with van der Waals surface area (Å²) in [5.74, 6) is 0. The topological polar surface area (TPSA) is 82.5 Å². The fraction of sp³-hybridized carbons (Fsp3) is 0.500. The maximum absolute atomic E-state index is 12.4. The van der Waals surface area contributed by atoms with Gasteiger partial charge in [-0.05, 0) is 6.07 Å². The van der Waals surface area contributed by atoms with E-state index >= 15 is 0 Å². The van der Waals surface area contributed by atoms with E-state index in [9.17, 15) is 21.6 Å². The molecule has 0 spiro atoms. The molecule has 0 radical (unpaired) electrons. The Kier molecular flexibility index (Phi) is 5.31. The highest BCUT2D eigenvalue weighted by Gasteiger charge is 2.37. The zero-order chi connectivity index (χ0) is 15.4. The van der Waals surface area contributed by atoms with Gasteiger partial charge in [0, 0.05) is 26.0 Å². The van der Waals surface area contributed by atoms with Gasteiger partial charge in [-0.3, -0.25) is 4.98 Å². The number of aliphatic hydroxyl groups excluding tert-OH is 1. The van der Waals surface area contributed by atoms with Crippen molar-refractivity contribution in [3.63, 3.8) is 0 Å². The summed E-state index contributed by atoms with van der Waals surface area (Å²) in [5.41, 5.74) is 0.130. The van der Waals surface area contributed by atoms with Crippen molar-refractivity contribution in [1.82, 2.24) is 9.29 Å². The van der Waals surface area contributed by atoms with Gasteiger partial charge < -0.3 is 10.4 Å². The van der Waals surface area contributed by atoms with Crippen LogP contribution in [0.1, 0.15) is 0 Å². The van der Waals surface area contributed by atoms with Gasteiger partial charge in [0.15, 0.2) is 0 Å². The summed E-state index contributed by atoms with van der Waals surface area (Å²) in [4.78, 5) is 3.23. The Morgan fingerprint density at radius 1 is 1.45 bits per heavy atom. The maximum atomic E-state index is 12.4. The quantitative estimate of drug-likeness (QED) is 0.806. The highest BCUT2D eigenvalue weighted by atomic mass is 32.2. The van der Waals surface area contributed by atoms with Gasteiger partial charge in [-0.25, -0.2) is 8.42 Å². The molecule has 0 aliphatic heterocycles. The number of hydrogen-bond donors (Lipinski definition) is 2. The lowest BCUT2D eigenvalue weighted by Crippen LogP contribution is -2.40. The molecule has 0 bridgehead atoms. The molecule has 6 nitrogen and oxygen atoms in total. The fourth-order valence-corrected chi connectivity index (χ4v) is 3.09. The van der Waals surface area contributed by atoms with Crippen molar-refractivity contribution in [1.29, 1.82) is 0 Å². The molecular weight excluding hydrogens is 299 g/mol. The highest BCUT2D eigenvalue weighted by Crippen LogP contribution is 2.26. The first-order chi connectivity index (χ1) is 9.22. The number of sulfonamides is 1. The third-order valence-electron chi connectivity index (χ3n) is 2.38. The van der Waals surface area contributed by atoms with Gasteiger partial charge in [0.05, 0.1) is 12.3 Å². The summed E-state index contributed by atoms with van der Waals surface area (Å²) in [7, 11) is -2.97. The third kappa shape index (κ3) is 4.05. The molecular formula is C10H14F3N3O3S. The minimum absolute atomic E-state index is 0.130. The number of hydrogen-bond acceptors (Lipinski definition) is 5. The van der Waals surface area contributed by atoms with Gasteiger partial charge in [0.25, 0.3) is 0 Å². The Hall–Kier alpha value is -1.39. The molecule has 2 N–H and O–H groups in total. The molecule has 0 saturated heterocycles. The molecule has 0 unspecified atom stereocenters. The predicted octanol–water partition coefficient (Wildman–Crippen LogP) is 0.669. The Bertz CT molecular complexity index is 548. The Morgan fingerprint density at radius 2 is 2.10 bits per heavy atom. The molecule has 1 aromatic rings. The van der Waals surface area contributed by atoms with Gasteiger partial charge in [-0.2, -0.15) is 17.5 Å². The van der Waals surface area contributed by atoms with Crippen molar-refractivity contribution in [3.05, 3.63) is 18.5 Å². The van der Waals surface area contributed by atoms with E-state index in [2.05, 4.69) is 10.3 Å². The molecule has 1 aromatic heterocycles. The zero-order valence-corrected chi connectivity index (χ0v) is 11.4. The van der Waals surface area contributed by atoms with Crippen LogP contribution in [0.5, 0.6) is 0 Å². The molecule has 0 aliphatic carbocycles. The number of anilines is 1. The lowest BCUT2D eigenvalue weighted by atomic mass is 10.4. The number of pyridine rings is 1. The lowest BCUT2D eigenvalue weighted by molar-refractivity contribution is -0.136. The molecule has 10 heteroatoms. The molecule has 20 heavy (non-hydrogen) atoms. The molecule has 0 aromatic carbocycles. The van der Waals surface area contributed by atoms with Crippen LogP contribution in [-0.4, -0.2) is 55.7 Å². The number of nitrogens with one attached hydrogen (secondary N) is 1. The summed E-state index contributed by atoms with van der Waals surface area (Å²) in [6.07, 6.45) is -2.43. The van der Waals surface area contributed by atoms with Crippen LogP contribution in [0, 0.1) is 0 Å². The summed E-state index contributed by atoms with van der Waals surface area (Å²) in [6.45, 7) is -3.04. The van der Waals surface area contributed by atoms with Gasteiger partial charge in [-0.1, -0.05) is 0 Å². The molecule has 0 saturated carbocycles. The molecule has 0 aliphatic rings. The van der Waals surface area contributed by atoms with E-state index in [0.717, 1.165) is 6.20 Å². The van der Waals surface area contributed by atoms with Crippen molar-refractivity contribution >= 4 is 15.7 Å². The van der Waals surface area contributed by atoms with Crippen LogP contribution < -0.4 is 5.32 Å². The molecule has 1 rings (SSSR count). The predicted molar refractivity (Wildman–Crippen MR) is 65.7 cm³/mol. The third-order valence-corrected chi connectivity index (χ3v) is 4.25. The van der Waals surface area contributed by atoms with Crippen molar-refractivity contribution in [2.24, 2.45) is 0 Å². The van der Waals surface area contributed by atoms with Crippen molar-refractivity contribution in [3.8, 4) is 0 Å². The monoisotopic (exact) mass is 313 g/mol. The van der Waals surface area contributed by atoms with E-state index in [1.807, 2.05) is 0 Å². The van der Waals surface area contributed by atoms with Gasteiger partial charge in [-0.15, -0.1) is 0 Å². The summed E-state index contributed by atoms with van der Waals surface area (Å²) in [5, 5.41) is 11.3. The Morgan fingerprint density at radius 3 is 2.60 bits per heavy atom. The van der Waals surface area contributed by atoms with E-state index in [1.165, 1.54) is 19.3 Å². The van der Waals surface area contributed by atoms with Crippen molar-refractivity contribution in [2.75, 3.05) is 32.1 Å². The average molecular weight is 313 g/mol. The number of rotatable bonds is 6. The summed E-state index contributed by atoms with van der Waals surface area (Å²) >= 11 is 0. The molecule has 0 atom stereocenters.